The van der Waals surface area contributed by atoms with Gasteiger partial charge in [0.05, 0.1) is 11.2 Å². The summed E-state index contributed by atoms with van der Waals surface area (Å²) in [4.78, 5) is 11.5. The molecule has 4 nitrogen and oxygen atoms in total. The van der Waals surface area contributed by atoms with Crippen LogP contribution in [0.25, 0.3) is 0 Å². The number of hydrogen-bond acceptors (Lipinski definition) is 3. The molecule has 0 amide bonds. The molecule has 0 heterocycles. The van der Waals surface area contributed by atoms with E-state index in [1.54, 1.807) is 6.92 Å². The summed E-state index contributed by atoms with van der Waals surface area (Å²) in [5.74, 6) is -0.742. The van der Waals surface area contributed by atoms with Crippen LogP contribution in [0.1, 0.15) is 52.9 Å². The van der Waals surface area contributed by atoms with Crippen LogP contribution in [0.2, 0.25) is 0 Å². The normalized spacial score (nSPS) is 22.6. The van der Waals surface area contributed by atoms with Gasteiger partial charge < -0.3 is 5.11 Å². The smallest absolute Gasteiger partial charge is 0.309 e. The molecule has 18 heavy (non-hydrogen) atoms. The quantitative estimate of drug-likeness (QED) is 0.837. The summed E-state index contributed by atoms with van der Waals surface area (Å²) in [6.07, 6.45) is 3.15. The second kappa shape index (κ2) is 5.19. The van der Waals surface area contributed by atoms with E-state index in [9.17, 15) is 18.3 Å². The Bertz CT molecular complexity index is 399. The van der Waals surface area contributed by atoms with Crippen molar-refractivity contribution in [3.8, 4) is 0 Å². The highest BCUT2D eigenvalue weighted by Crippen LogP contribution is 2.47. The average Bonchev–Trinajstić information content (AvgIpc) is 2.28. The van der Waals surface area contributed by atoms with E-state index < -0.39 is 21.2 Å². The van der Waals surface area contributed by atoms with Crippen LogP contribution in [0.5, 0.6) is 0 Å². The molecule has 0 spiro atoms. The molecule has 0 atom stereocenters. The highest BCUT2D eigenvalue weighted by Gasteiger charge is 2.44. The predicted octanol–water partition coefficient (Wildman–Crippen LogP) is 2.48. The molecule has 0 unspecified atom stereocenters. The van der Waals surface area contributed by atoms with Crippen LogP contribution in [-0.2, 0) is 14.6 Å². The lowest BCUT2D eigenvalue weighted by Crippen LogP contribution is -2.39. The number of rotatable bonds is 5. The van der Waals surface area contributed by atoms with E-state index in [1.165, 1.54) is 0 Å². The van der Waals surface area contributed by atoms with E-state index in [0.717, 1.165) is 12.8 Å². The Morgan fingerprint density at radius 2 is 1.67 bits per heavy atom. The van der Waals surface area contributed by atoms with Crippen molar-refractivity contribution in [1.82, 2.24) is 0 Å². The Kier molecular flexibility index (Phi) is 4.47. The zero-order valence-electron chi connectivity index (χ0n) is 11.5. The number of hydrogen-bond donors (Lipinski definition) is 1. The summed E-state index contributed by atoms with van der Waals surface area (Å²) >= 11 is 0. The predicted molar refractivity (Wildman–Crippen MR) is 71.3 cm³/mol. The van der Waals surface area contributed by atoms with Gasteiger partial charge in [0, 0.05) is 5.75 Å². The summed E-state index contributed by atoms with van der Waals surface area (Å²) in [5, 5.41) is 9.43. The molecule has 0 bridgehead atoms. The lowest BCUT2D eigenvalue weighted by Gasteiger charge is -2.40. The largest absolute Gasteiger partial charge is 0.481 e. The van der Waals surface area contributed by atoms with Crippen molar-refractivity contribution in [3.05, 3.63) is 0 Å². The van der Waals surface area contributed by atoms with E-state index in [0.29, 0.717) is 12.8 Å². The van der Waals surface area contributed by atoms with Crippen molar-refractivity contribution in [1.29, 1.82) is 0 Å². The summed E-state index contributed by atoms with van der Waals surface area (Å²) in [5.41, 5.74) is -0.639. The molecular formula is C13H24O4S. The van der Waals surface area contributed by atoms with Crippen molar-refractivity contribution in [2.45, 2.75) is 52.9 Å². The summed E-state index contributed by atoms with van der Waals surface area (Å²) in [6.45, 7) is 5.88. The minimum absolute atomic E-state index is 0.00374. The number of carboxylic acids is 1. The van der Waals surface area contributed by atoms with Crippen LogP contribution >= 0.6 is 0 Å². The maximum atomic E-state index is 11.5. The fourth-order valence-electron chi connectivity index (χ4n) is 2.47. The van der Waals surface area contributed by atoms with Crippen molar-refractivity contribution in [3.63, 3.8) is 0 Å². The standard InChI is InChI=1S/C13H24O4S/c1-4-18(16,17)10-9-13(11(14)15)7-5-12(2,3)6-8-13/h4-10H2,1-3H3,(H,14,15). The molecule has 1 saturated carbocycles. The van der Waals surface area contributed by atoms with Crippen LogP contribution in [0.15, 0.2) is 0 Å². The van der Waals surface area contributed by atoms with Gasteiger partial charge in [-0.2, -0.15) is 0 Å². The van der Waals surface area contributed by atoms with Crippen molar-refractivity contribution >= 4 is 15.8 Å². The molecule has 1 aliphatic rings. The molecule has 0 saturated heterocycles. The molecule has 1 N–H and O–H groups in total. The zero-order chi connectivity index (χ0) is 14.0. The molecule has 0 aromatic carbocycles. The first kappa shape index (κ1) is 15.5. The number of carboxylic acid groups (broad SMARTS) is 1. The topological polar surface area (TPSA) is 71.4 Å². The first-order valence-corrected chi connectivity index (χ1v) is 8.38. The number of aliphatic carboxylic acids is 1. The van der Waals surface area contributed by atoms with Gasteiger partial charge in [0.2, 0.25) is 0 Å². The maximum Gasteiger partial charge on any atom is 0.309 e. The van der Waals surface area contributed by atoms with Gasteiger partial charge in [-0.05, 0) is 37.5 Å². The van der Waals surface area contributed by atoms with Gasteiger partial charge in [0.25, 0.3) is 0 Å². The molecule has 0 aromatic heterocycles. The van der Waals surface area contributed by atoms with Crippen molar-refractivity contribution in [2.24, 2.45) is 10.8 Å². The second-order valence-corrected chi connectivity index (χ2v) is 8.71. The highest BCUT2D eigenvalue weighted by atomic mass is 32.2. The first-order chi connectivity index (χ1) is 8.13. The third kappa shape index (κ3) is 3.70. The van der Waals surface area contributed by atoms with Crippen LogP contribution < -0.4 is 0 Å². The van der Waals surface area contributed by atoms with Gasteiger partial charge in [0.15, 0.2) is 0 Å². The Balaban J connectivity index is 2.76. The summed E-state index contributed by atoms with van der Waals surface area (Å²) in [6, 6.07) is 0. The fourth-order valence-corrected chi connectivity index (χ4v) is 3.46. The number of carbonyl (C=O) groups is 1. The Labute approximate surface area is 110 Å². The molecule has 106 valence electrons. The monoisotopic (exact) mass is 276 g/mol. The van der Waals surface area contributed by atoms with Crippen LogP contribution in [-0.4, -0.2) is 31.0 Å². The average molecular weight is 276 g/mol. The third-order valence-electron chi connectivity index (χ3n) is 4.35. The zero-order valence-corrected chi connectivity index (χ0v) is 12.3. The lowest BCUT2D eigenvalue weighted by atomic mass is 9.64. The maximum absolute atomic E-state index is 11.5. The van der Waals surface area contributed by atoms with Gasteiger partial charge in [-0.1, -0.05) is 20.8 Å². The third-order valence-corrected chi connectivity index (χ3v) is 6.05. The first-order valence-electron chi connectivity index (χ1n) is 6.56. The van der Waals surface area contributed by atoms with Gasteiger partial charge in [0.1, 0.15) is 9.84 Å². The molecule has 0 aromatic rings. The fraction of sp³-hybridized carbons (Fsp3) is 0.923. The van der Waals surface area contributed by atoms with Crippen LogP contribution in [0.4, 0.5) is 0 Å². The minimum atomic E-state index is -3.08. The Morgan fingerprint density at radius 1 is 1.17 bits per heavy atom. The van der Waals surface area contributed by atoms with Gasteiger partial charge in [-0.25, -0.2) is 8.42 Å². The van der Waals surface area contributed by atoms with E-state index >= 15 is 0 Å². The Hall–Kier alpha value is -0.580. The van der Waals surface area contributed by atoms with Crippen molar-refractivity contribution < 1.29 is 18.3 Å². The summed E-state index contributed by atoms with van der Waals surface area (Å²) < 4.78 is 23.1. The van der Waals surface area contributed by atoms with E-state index in [4.69, 9.17) is 0 Å². The molecule has 0 aliphatic heterocycles. The highest BCUT2D eigenvalue weighted by molar-refractivity contribution is 7.91. The molecule has 1 aliphatic carbocycles. The lowest BCUT2D eigenvalue weighted by molar-refractivity contribution is -0.152. The summed E-state index contributed by atoms with van der Waals surface area (Å²) in [7, 11) is -3.08. The van der Waals surface area contributed by atoms with Crippen LogP contribution in [0, 0.1) is 10.8 Å². The van der Waals surface area contributed by atoms with Gasteiger partial charge in [-0.3, -0.25) is 4.79 Å². The molecule has 0 radical (unpaired) electrons. The molecular weight excluding hydrogens is 252 g/mol. The van der Waals surface area contributed by atoms with E-state index in [-0.39, 0.29) is 23.3 Å². The van der Waals surface area contributed by atoms with Gasteiger partial charge >= 0.3 is 5.97 Å². The van der Waals surface area contributed by atoms with Crippen molar-refractivity contribution in [2.75, 3.05) is 11.5 Å². The van der Waals surface area contributed by atoms with E-state index in [2.05, 4.69) is 13.8 Å². The number of sulfone groups is 1. The minimum Gasteiger partial charge on any atom is -0.481 e. The molecule has 1 rings (SSSR count). The molecule has 5 heteroatoms. The second-order valence-electron chi connectivity index (χ2n) is 6.24. The van der Waals surface area contributed by atoms with E-state index in [1.807, 2.05) is 0 Å². The molecule has 1 fully saturated rings. The Morgan fingerprint density at radius 3 is 2.06 bits per heavy atom. The van der Waals surface area contributed by atoms with Gasteiger partial charge in [-0.15, -0.1) is 0 Å². The van der Waals surface area contributed by atoms with Crippen LogP contribution in [0.3, 0.4) is 0 Å². The SMILES string of the molecule is CCS(=O)(=O)CCC1(C(=O)O)CCC(C)(C)CC1.